The van der Waals surface area contributed by atoms with Crippen molar-refractivity contribution in [2.45, 2.75) is 0 Å². The average molecular weight is 267 g/mol. The van der Waals surface area contributed by atoms with Gasteiger partial charge in [-0.25, -0.2) is 0 Å². The van der Waals surface area contributed by atoms with Crippen molar-refractivity contribution in [3.63, 3.8) is 0 Å². The molecule has 0 unspecified atom stereocenters. The number of hydrogen-bond donors (Lipinski definition) is 0. The van der Waals surface area contributed by atoms with E-state index in [1.165, 1.54) is 0 Å². The van der Waals surface area contributed by atoms with Crippen LogP contribution in [0.1, 0.15) is 0 Å². The predicted octanol–water partition coefficient (Wildman–Crippen LogP) is 0.338. The van der Waals surface area contributed by atoms with E-state index in [1.807, 2.05) is 23.9 Å². The van der Waals surface area contributed by atoms with E-state index in [9.17, 15) is 4.39 Å². The van der Waals surface area contributed by atoms with Crippen LogP contribution in [-0.4, -0.2) is 63.7 Å². The van der Waals surface area contributed by atoms with Crippen molar-refractivity contribution in [1.29, 1.82) is 0 Å². The lowest BCUT2D eigenvalue weighted by molar-refractivity contribution is 0.122. The molecular formula is C12H18FN5O. The van der Waals surface area contributed by atoms with Gasteiger partial charge in [0.1, 0.15) is 11.4 Å². The Labute approximate surface area is 111 Å². The van der Waals surface area contributed by atoms with Crippen LogP contribution in [0.4, 0.5) is 21.6 Å². The van der Waals surface area contributed by atoms with E-state index < -0.39 is 5.95 Å². The zero-order valence-corrected chi connectivity index (χ0v) is 11.3. The number of ether oxygens (including phenoxy) is 1. The molecule has 0 aromatic carbocycles. The highest BCUT2D eigenvalue weighted by Gasteiger charge is 2.29. The van der Waals surface area contributed by atoms with Crippen LogP contribution in [0.25, 0.3) is 0 Å². The Kier molecular flexibility index (Phi) is 3.14. The summed E-state index contributed by atoms with van der Waals surface area (Å²) in [5.74, 6) is 0.249. The largest absolute Gasteiger partial charge is 0.378 e. The second kappa shape index (κ2) is 4.80. The highest BCUT2D eigenvalue weighted by molar-refractivity contribution is 5.82. The lowest BCUT2D eigenvalue weighted by atomic mass is 10.2. The van der Waals surface area contributed by atoms with E-state index in [2.05, 4.69) is 15.1 Å². The molecule has 7 heteroatoms. The Bertz CT molecular complexity index is 477. The lowest BCUT2D eigenvalue weighted by Crippen LogP contribution is -2.42. The van der Waals surface area contributed by atoms with Gasteiger partial charge in [-0.15, -0.1) is 10.2 Å². The number of anilines is 3. The van der Waals surface area contributed by atoms with Crippen LogP contribution in [-0.2, 0) is 4.74 Å². The second-order valence-corrected chi connectivity index (χ2v) is 4.95. The maximum absolute atomic E-state index is 14.2. The SMILES string of the molecule is CN1CCN(C)c2c1nnc(F)c2N1CCOCC1. The minimum Gasteiger partial charge on any atom is -0.378 e. The van der Waals surface area contributed by atoms with Crippen LogP contribution in [0.5, 0.6) is 0 Å². The highest BCUT2D eigenvalue weighted by atomic mass is 19.1. The fourth-order valence-corrected chi connectivity index (χ4v) is 2.58. The summed E-state index contributed by atoms with van der Waals surface area (Å²) in [6.45, 7) is 4.34. The minimum absolute atomic E-state index is 0.497. The van der Waals surface area contributed by atoms with Crippen molar-refractivity contribution in [2.75, 3.05) is 68.2 Å². The third-order valence-corrected chi connectivity index (χ3v) is 3.71. The summed E-state index contributed by atoms with van der Waals surface area (Å²) in [5, 5.41) is 7.69. The van der Waals surface area contributed by atoms with E-state index in [4.69, 9.17) is 4.74 Å². The molecule has 104 valence electrons. The van der Waals surface area contributed by atoms with Gasteiger partial charge in [0.05, 0.1) is 13.2 Å². The molecule has 0 N–H and O–H groups in total. The summed E-state index contributed by atoms with van der Waals surface area (Å²) in [6.07, 6.45) is 0. The standard InChI is InChI=1S/C12H18FN5O/c1-16-3-4-17(2)12-10(16)9(11(13)14-15-12)18-5-7-19-8-6-18/h3-8H2,1-2H3. The van der Waals surface area contributed by atoms with Gasteiger partial charge in [-0.2, -0.15) is 4.39 Å². The minimum atomic E-state index is -0.497. The first-order valence-electron chi connectivity index (χ1n) is 6.49. The van der Waals surface area contributed by atoms with E-state index in [1.54, 1.807) is 0 Å². The van der Waals surface area contributed by atoms with Crippen LogP contribution in [0.2, 0.25) is 0 Å². The number of morpholine rings is 1. The molecule has 1 aromatic rings. The molecule has 3 heterocycles. The fraction of sp³-hybridized carbons (Fsp3) is 0.667. The van der Waals surface area contributed by atoms with E-state index in [0.717, 1.165) is 24.6 Å². The lowest BCUT2D eigenvalue weighted by Gasteiger charge is -2.38. The highest BCUT2D eigenvalue weighted by Crippen LogP contribution is 2.39. The molecule has 1 fully saturated rings. The van der Waals surface area contributed by atoms with Crippen LogP contribution < -0.4 is 14.7 Å². The van der Waals surface area contributed by atoms with Crippen molar-refractivity contribution in [3.05, 3.63) is 5.95 Å². The Balaban J connectivity index is 2.09. The molecule has 2 aliphatic rings. The first-order chi connectivity index (χ1) is 9.18. The Hall–Kier alpha value is -1.63. The molecule has 19 heavy (non-hydrogen) atoms. The first-order valence-corrected chi connectivity index (χ1v) is 6.49. The zero-order chi connectivity index (χ0) is 13.4. The Morgan fingerprint density at radius 1 is 0.947 bits per heavy atom. The van der Waals surface area contributed by atoms with Gasteiger partial charge in [0.2, 0.25) is 0 Å². The van der Waals surface area contributed by atoms with Gasteiger partial charge in [-0.1, -0.05) is 0 Å². The van der Waals surface area contributed by atoms with E-state index >= 15 is 0 Å². The fourth-order valence-electron chi connectivity index (χ4n) is 2.58. The van der Waals surface area contributed by atoms with Crippen LogP contribution in [0, 0.1) is 5.95 Å². The van der Waals surface area contributed by atoms with Gasteiger partial charge in [-0.3, -0.25) is 0 Å². The molecule has 6 nitrogen and oxygen atoms in total. The van der Waals surface area contributed by atoms with E-state index in [-0.39, 0.29) is 0 Å². The molecule has 1 saturated heterocycles. The third-order valence-electron chi connectivity index (χ3n) is 3.71. The van der Waals surface area contributed by atoms with Gasteiger partial charge < -0.3 is 19.4 Å². The zero-order valence-electron chi connectivity index (χ0n) is 11.3. The maximum Gasteiger partial charge on any atom is 0.258 e. The van der Waals surface area contributed by atoms with Gasteiger partial charge in [-0.05, 0) is 0 Å². The van der Waals surface area contributed by atoms with Crippen LogP contribution in [0.3, 0.4) is 0 Å². The maximum atomic E-state index is 14.2. The van der Waals surface area contributed by atoms with Gasteiger partial charge in [0.25, 0.3) is 5.95 Å². The summed E-state index contributed by atoms with van der Waals surface area (Å²) >= 11 is 0. The Morgan fingerprint density at radius 3 is 2.37 bits per heavy atom. The molecule has 0 bridgehead atoms. The van der Waals surface area contributed by atoms with Crippen molar-refractivity contribution < 1.29 is 9.13 Å². The molecule has 3 rings (SSSR count). The first kappa shape index (κ1) is 12.4. The molecule has 0 saturated carbocycles. The number of likely N-dealkylation sites (N-methyl/N-ethyl adjacent to an activating group) is 2. The third kappa shape index (κ3) is 2.07. The molecule has 0 aliphatic carbocycles. The monoisotopic (exact) mass is 267 g/mol. The molecule has 1 aromatic heterocycles. The van der Waals surface area contributed by atoms with Crippen molar-refractivity contribution in [1.82, 2.24) is 10.2 Å². The Morgan fingerprint density at radius 2 is 1.63 bits per heavy atom. The van der Waals surface area contributed by atoms with Crippen molar-refractivity contribution >= 4 is 17.2 Å². The number of aromatic nitrogens is 2. The molecule has 0 radical (unpaired) electrons. The normalized spacial score (nSPS) is 19.6. The van der Waals surface area contributed by atoms with Gasteiger partial charge in [0, 0.05) is 40.3 Å². The molecular weight excluding hydrogens is 249 g/mol. The summed E-state index contributed by atoms with van der Waals surface area (Å²) < 4.78 is 19.5. The summed E-state index contributed by atoms with van der Waals surface area (Å²) in [5.41, 5.74) is 1.39. The summed E-state index contributed by atoms with van der Waals surface area (Å²) in [6, 6.07) is 0. The number of nitrogens with zero attached hydrogens (tertiary/aromatic N) is 5. The van der Waals surface area contributed by atoms with Crippen molar-refractivity contribution in [2.24, 2.45) is 0 Å². The van der Waals surface area contributed by atoms with Crippen LogP contribution >= 0.6 is 0 Å². The van der Waals surface area contributed by atoms with Gasteiger partial charge in [0.15, 0.2) is 5.82 Å². The molecule has 0 spiro atoms. The topological polar surface area (TPSA) is 44.7 Å². The molecule has 0 atom stereocenters. The number of halogens is 1. The number of fused-ring (bicyclic) bond motifs is 1. The molecule has 2 aliphatic heterocycles. The van der Waals surface area contributed by atoms with E-state index in [0.29, 0.717) is 32.0 Å². The quantitative estimate of drug-likeness (QED) is 0.731. The van der Waals surface area contributed by atoms with Crippen LogP contribution in [0.15, 0.2) is 0 Å². The van der Waals surface area contributed by atoms with Gasteiger partial charge >= 0.3 is 0 Å². The smallest absolute Gasteiger partial charge is 0.258 e. The average Bonchev–Trinajstić information content (AvgIpc) is 2.44. The molecule has 0 amide bonds. The number of rotatable bonds is 1. The van der Waals surface area contributed by atoms with Crippen molar-refractivity contribution in [3.8, 4) is 0 Å². The second-order valence-electron chi connectivity index (χ2n) is 4.95. The summed E-state index contributed by atoms with van der Waals surface area (Å²) in [7, 11) is 3.93. The predicted molar refractivity (Wildman–Crippen MR) is 71.6 cm³/mol. The number of hydrogen-bond acceptors (Lipinski definition) is 6. The summed E-state index contributed by atoms with van der Waals surface area (Å²) in [4.78, 5) is 6.08.